The first-order chi connectivity index (χ1) is 13.0. The van der Waals surface area contributed by atoms with Crippen LogP contribution in [0, 0.1) is 0 Å². The minimum Gasteiger partial charge on any atom is -0.489 e. The van der Waals surface area contributed by atoms with Crippen LogP contribution in [0.4, 0.5) is 0 Å². The molecule has 6 nitrogen and oxygen atoms in total. The van der Waals surface area contributed by atoms with E-state index in [4.69, 9.17) is 9.47 Å². The van der Waals surface area contributed by atoms with Gasteiger partial charge in [-0.15, -0.1) is 12.4 Å². The second-order valence-electron chi connectivity index (χ2n) is 6.81. The van der Waals surface area contributed by atoms with E-state index < -0.39 is 10.0 Å². The Labute approximate surface area is 173 Å². The van der Waals surface area contributed by atoms with Crippen molar-refractivity contribution in [2.75, 3.05) is 26.8 Å². The van der Waals surface area contributed by atoms with E-state index in [2.05, 4.69) is 10.0 Å². The molecule has 0 radical (unpaired) electrons. The fourth-order valence-electron chi connectivity index (χ4n) is 3.24. The van der Waals surface area contributed by atoms with Crippen molar-refractivity contribution in [2.24, 2.45) is 0 Å². The molecule has 0 aliphatic carbocycles. The van der Waals surface area contributed by atoms with Crippen molar-refractivity contribution in [1.29, 1.82) is 0 Å². The van der Waals surface area contributed by atoms with Gasteiger partial charge in [0, 0.05) is 13.7 Å². The van der Waals surface area contributed by atoms with Crippen molar-refractivity contribution < 1.29 is 17.9 Å². The Morgan fingerprint density at radius 2 is 1.82 bits per heavy atom. The summed E-state index contributed by atoms with van der Waals surface area (Å²) in [5.41, 5.74) is 0.726. The van der Waals surface area contributed by atoms with Crippen LogP contribution < -0.4 is 14.8 Å². The van der Waals surface area contributed by atoms with Gasteiger partial charge in [0.2, 0.25) is 10.0 Å². The number of benzene rings is 2. The van der Waals surface area contributed by atoms with Crippen molar-refractivity contribution in [3.8, 4) is 5.75 Å². The smallest absolute Gasteiger partial charge is 0.240 e. The Morgan fingerprint density at radius 1 is 1.11 bits per heavy atom. The fraction of sp³-hybridized carbons (Fsp3) is 0.400. The van der Waals surface area contributed by atoms with E-state index in [1.807, 2.05) is 30.3 Å². The Hall–Kier alpha value is -1.64. The molecule has 0 spiro atoms. The van der Waals surface area contributed by atoms with E-state index in [9.17, 15) is 8.42 Å². The van der Waals surface area contributed by atoms with Crippen LogP contribution in [-0.2, 0) is 21.4 Å². The predicted molar refractivity (Wildman–Crippen MR) is 111 cm³/mol. The van der Waals surface area contributed by atoms with Crippen LogP contribution in [0.1, 0.15) is 18.4 Å². The van der Waals surface area contributed by atoms with Crippen molar-refractivity contribution >= 4 is 22.4 Å². The third-order valence-corrected chi connectivity index (χ3v) is 6.15. The van der Waals surface area contributed by atoms with Crippen LogP contribution in [0.5, 0.6) is 5.75 Å². The molecule has 2 aromatic carbocycles. The normalized spacial score (nSPS) is 19.2. The minimum absolute atomic E-state index is 0. The van der Waals surface area contributed by atoms with Gasteiger partial charge in [0.15, 0.2) is 0 Å². The van der Waals surface area contributed by atoms with E-state index in [-0.39, 0.29) is 22.8 Å². The van der Waals surface area contributed by atoms with Gasteiger partial charge in [-0.25, -0.2) is 13.1 Å². The molecule has 1 saturated heterocycles. The molecular formula is C20H27ClN2O4S. The maximum absolute atomic E-state index is 12.6. The predicted octanol–water partition coefficient (Wildman–Crippen LogP) is 2.73. The summed E-state index contributed by atoms with van der Waals surface area (Å²) in [6, 6.07) is 16.3. The Balaban J connectivity index is 0.00000280. The highest BCUT2D eigenvalue weighted by Gasteiger charge is 2.34. The molecule has 0 saturated carbocycles. The van der Waals surface area contributed by atoms with Crippen LogP contribution in [0.2, 0.25) is 0 Å². The molecule has 0 amide bonds. The number of hydrogen-bond donors (Lipinski definition) is 2. The van der Waals surface area contributed by atoms with Crippen LogP contribution in [0.25, 0.3) is 0 Å². The number of halogens is 1. The maximum Gasteiger partial charge on any atom is 0.240 e. The quantitative estimate of drug-likeness (QED) is 0.644. The van der Waals surface area contributed by atoms with E-state index in [1.165, 1.54) is 0 Å². The Morgan fingerprint density at radius 3 is 2.43 bits per heavy atom. The SMILES string of the molecule is COCC1(CNS(=O)(=O)c2ccc(OCc3ccccc3)cc2)CCCN1.Cl. The number of rotatable bonds is 9. The van der Waals surface area contributed by atoms with E-state index in [1.54, 1.807) is 31.4 Å². The minimum atomic E-state index is -3.59. The van der Waals surface area contributed by atoms with Gasteiger partial charge in [-0.2, -0.15) is 0 Å². The molecule has 1 aliphatic rings. The standard InChI is InChI=1S/C20H26N2O4S.ClH/c1-25-16-20(12-5-13-21-20)15-22-27(23,24)19-10-8-18(9-11-19)26-14-17-6-3-2-4-7-17;/h2-4,6-11,21-22H,5,12-16H2,1H3;1H. The van der Waals surface area contributed by atoms with Gasteiger partial charge in [0.05, 0.1) is 17.0 Å². The summed E-state index contributed by atoms with van der Waals surface area (Å²) >= 11 is 0. The summed E-state index contributed by atoms with van der Waals surface area (Å²) in [5, 5.41) is 3.36. The van der Waals surface area contributed by atoms with E-state index in [0.717, 1.165) is 24.9 Å². The number of nitrogens with one attached hydrogen (secondary N) is 2. The first-order valence-corrected chi connectivity index (χ1v) is 10.5. The molecule has 1 atom stereocenters. The van der Waals surface area contributed by atoms with Gasteiger partial charge in [-0.05, 0) is 49.2 Å². The monoisotopic (exact) mass is 426 g/mol. The third-order valence-electron chi connectivity index (χ3n) is 4.74. The zero-order chi connectivity index (χ0) is 19.2. The summed E-state index contributed by atoms with van der Waals surface area (Å²) in [5.74, 6) is 0.631. The zero-order valence-corrected chi connectivity index (χ0v) is 17.5. The lowest BCUT2D eigenvalue weighted by Gasteiger charge is -2.28. The van der Waals surface area contributed by atoms with Gasteiger partial charge < -0.3 is 14.8 Å². The van der Waals surface area contributed by atoms with Crippen molar-refractivity contribution in [3.05, 3.63) is 60.2 Å². The second-order valence-corrected chi connectivity index (χ2v) is 8.58. The topological polar surface area (TPSA) is 76.7 Å². The lowest BCUT2D eigenvalue weighted by Crippen LogP contribution is -2.52. The summed E-state index contributed by atoms with van der Waals surface area (Å²) in [6.45, 7) is 2.09. The molecule has 0 aromatic heterocycles. The average molecular weight is 427 g/mol. The number of methoxy groups -OCH3 is 1. The maximum atomic E-state index is 12.6. The highest BCUT2D eigenvalue weighted by molar-refractivity contribution is 7.89. The molecule has 28 heavy (non-hydrogen) atoms. The van der Waals surface area contributed by atoms with Crippen molar-refractivity contribution in [3.63, 3.8) is 0 Å². The van der Waals surface area contributed by atoms with Gasteiger partial charge >= 0.3 is 0 Å². The Bertz CT molecular complexity index is 823. The molecule has 154 valence electrons. The lowest BCUT2D eigenvalue weighted by atomic mass is 9.99. The van der Waals surface area contributed by atoms with Crippen LogP contribution in [0.3, 0.4) is 0 Å². The van der Waals surface area contributed by atoms with Crippen molar-refractivity contribution in [2.45, 2.75) is 29.9 Å². The summed E-state index contributed by atoms with van der Waals surface area (Å²) < 4.78 is 38.9. The van der Waals surface area contributed by atoms with Gasteiger partial charge in [-0.3, -0.25) is 0 Å². The highest BCUT2D eigenvalue weighted by atomic mass is 35.5. The molecule has 1 heterocycles. The largest absolute Gasteiger partial charge is 0.489 e. The zero-order valence-electron chi connectivity index (χ0n) is 15.9. The van der Waals surface area contributed by atoms with Crippen LogP contribution >= 0.6 is 12.4 Å². The first kappa shape index (κ1) is 22.6. The number of hydrogen-bond acceptors (Lipinski definition) is 5. The highest BCUT2D eigenvalue weighted by Crippen LogP contribution is 2.21. The van der Waals surface area contributed by atoms with Crippen LogP contribution in [-0.4, -0.2) is 40.8 Å². The summed E-state index contributed by atoms with van der Waals surface area (Å²) in [7, 11) is -1.96. The molecule has 0 bridgehead atoms. The molecule has 2 aromatic rings. The summed E-state index contributed by atoms with van der Waals surface area (Å²) in [4.78, 5) is 0.222. The van der Waals surface area contributed by atoms with Gasteiger partial charge in [0.25, 0.3) is 0 Å². The van der Waals surface area contributed by atoms with Crippen molar-refractivity contribution in [1.82, 2.24) is 10.0 Å². The van der Waals surface area contributed by atoms with E-state index >= 15 is 0 Å². The average Bonchev–Trinajstić information content (AvgIpc) is 3.15. The number of sulfonamides is 1. The van der Waals surface area contributed by atoms with Gasteiger partial charge in [0.1, 0.15) is 12.4 Å². The summed E-state index contributed by atoms with van der Waals surface area (Å²) in [6.07, 6.45) is 1.90. The molecule has 1 aliphatic heterocycles. The lowest BCUT2D eigenvalue weighted by molar-refractivity contribution is 0.122. The van der Waals surface area contributed by atoms with Gasteiger partial charge in [-0.1, -0.05) is 30.3 Å². The molecular weight excluding hydrogens is 400 g/mol. The molecule has 1 unspecified atom stereocenters. The molecule has 2 N–H and O–H groups in total. The van der Waals surface area contributed by atoms with E-state index in [0.29, 0.717) is 25.5 Å². The fourth-order valence-corrected chi connectivity index (χ4v) is 4.37. The second kappa shape index (κ2) is 10.2. The Kier molecular flexibility index (Phi) is 8.27. The first-order valence-electron chi connectivity index (χ1n) is 9.03. The molecule has 8 heteroatoms. The molecule has 3 rings (SSSR count). The molecule has 1 fully saturated rings. The number of ether oxygens (including phenoxy) is 2. The van der Waals surface area contributed by atoms with Crippen LogP contribution in [0.15, 0.2) is 59.5 Å². The third kappa shape index (κ3) is 5.93.